The fraction of sp³-hybridized carbons (Fsp3) is 0.400. The Hall–Kier alpha value is -2.18. The Morgan fingerprint density at radius 3 is 2.74 bits per heavy atom. The Morgan fingerprint density at radius 1 is 1.06 bits per heavy atom. The van der Waals surface area contributed by atoms with Gasteiger partial charge in [-0.15, -0.1) is 11.8 Å². The SMILES string of the molecule is COc1cc([C@H]2c3sc(=O)[nH]c3S[C@@H]3[C@@H]4CC[C@@H](C4)[C@H]23)ccc1OCc1ccccc1. The fourth-order valence-electron chi connectivity index (χ4n) is 5.95. The smallest absolute Gasteiger partial charge is 0.305 e. The van der Waals surface area contributed by atoms with Crippen molar-refractivity contribution in [2.75, 3.05) is 7.11 Å². The first-order chi connectivity index (χ1) is 15.2. The van der Waals surface area contributed by atoms with Gasteiger partial charge in [0, 0.05) is 16.0 Å². The van der Waals surface area contributed by atoms with Gasteiger partial charge in [-0.05, 0) is 60.3 Å². The van der Waals surface area contributed by atoms with Gasteiger partial charge in [-0.3, -0.25) is 4.79 Å². The van der Waals surface area contributed by atoms with Crippen molar-refractivity contribution >= 4 is 23.1 Å². The number of thioether (sulfide) groups is 1. The first-order valence-electron chi connectivity index (χ1n) is 11.0. The quantitative estimate of drug-likeness (QED) is 0.543. The average Bonchev–Trinajstić information content (AvgIpc) is 3.51. The number of aromatic nitrogens is 1. The van der Waals surface area contributed by atoms with Gasteiger partial charge >= 0.3 is 4.87 Å². The van der Waals surface area contributed by atoms with Gasteiger partial charge in [0.2, 0.25) is 0 Å². The highest BCUT2D eigenvalue weighted by molar-refractivity contribution is 8.00. The minimum absolute atomic E-state index is 0.0598. The summed E-state index contributed by atoms with van der Waals surface area (Å²) in [5.41, 5.74) is 2.37. The van der Waals surface area contributed by atoms with E-state index in [0.29, 0.717) is 17.8 Å². The molecule has 2 fully saturated rings. The summed E-state index contributed by atoms with van der Waals surface area (Å²) in [4.78, 5) is 16.6. The second-order valence-corrected chi connectivity index (χ2v) is 11.1. The molecule has 1 aliphatic heterocycles. The Bertz CT molecular complexity index is 1160. The second-order valence-electron chi connectivity index (χ2n) is 8.86. The first-order valence-corrected chi connectivity index (χ1v) is 12.6. The number of hydrogen-bond donors (Lipinski definition) is 1. The van der Waals surface area contributed by atoms with E-state index in [0.717, 1.165) is 33.9 Å². The normalized spacial score (nSPS) is 28.2. The lowest BCUT2D eigenvalue weighted by atomic mass is 9.75. The monoisotopic (exact) mass is 451 g/mol. The highest BCUT2D eigenvalue weighted by Gasteiger charge is 2.54. The number of thiazole rings is 1. The number of fused-ring (bicyclic) bond motifs is 6. The van der Waals surface area contributed by atoms with Gasteiger partial charge in [0.1, 0.15) is 6.61 Å². The van der Waals surface area contributed by atoms with Gasteiger partial charge in [-0.2, -0.15) is 0 Å². The largest absolute Gasteiger partial charge is 0.493 e. The lowest BCUT2D eigenvalue weighted by Crippen LogP contribution is -2.33. The van der Waals surface area contributed by atoms with Crippen molar-refractivity contribution in [1.82, 2.24) is 4.98 Å². The van der Waals surface area contributed by atoms with Crippen LogP contribution in [0, 0.1) is 17.8 Å². The first kappa shape index (κ1) is 19.5. The van der Waals surface area contributed by atoms with E-state index in [1.807, 2.05) is 36.0 Å². The van der Waals surface area contributed by atoms with E-state index in [9.17, 15) is 4.79 Å². The van der Waals surface area contributed by atoms with E-state index in [1.54, 1.807) is 7.11 Å². The molecule has 2 heterocycles. The third-order valence-electron chi connectivity index (χ3n) is 7.25. The van der Waals surface area contributed by atoms with Gasteiger partial charge in [0.05, 0.1) is 12.1 Å². The summed E-state index contributed by atoms with van der Waals surface area (Å²) in [6.45, 7) is 0.509. The Balaban J connectivity index is 1.35. The van der Waals surface area contributed by atoms with E-state index in [4.69, 9.17) is 9.47 Å². The van der Waals surface area contributed by atoms with Gasteiger partial charge < -0.3 is 14.5 Å². The van der Waals surface area contributed by atoms with Crippen LogP contribution in [-0.2, 0) is 6.61 Å². The summed E-state index contributed by atoms with van der Waals surface area (Å²) < 4.78 is 11.8. The summed E-state index contributed by atoms with van der Waals surface area (Å²) in [5, 5.41) is 1.71. The molecule has 0 amide bonds. The predicted octanol–water partition coefficient (Wildman–Crippen LogP) is 5.68. The van der Waals surface area contributed by atoms with Crippen LogP contribution >= 0.6 is 23.1 Å². The van der Waals surface area contributed by atoms with Crippen LogP contribution in [0.5, 0.6) is 11.5 Å². The molecule has 6 heteroatoms. The van der Waals surface area contributed by atoms with E-state index in [-0.39, 0.29) is 10.8 Å². The molecule has 5 atom stereocenters. The molecule has 4 nitrogen and oxygen atoms in total. The van der Waals surface area contributed by atoms with Gasteiger partial charge in [0.15, 0.2) is 11.5 Å². The van der Waals surface area contributed by atoms with Crippen molar-refractivity contribution in [3.8, 4) is 11.5 Å². The molecular formula is C25H25NO3S2. The Labute approximate surface area is 190 Å². The summed E-state index contributed by atoms with van der Waals surface area (Å²) in [6, 6.07) is 16.5. The van der Waals surface area contributed by atoms with Crippen LogP contribution in [0.25, 0.3) is 0 Å². The van der Waals surface area contributed by atoms with Crippen molar-refractivity contribution in [2.45, 2.75) is 42.1 Å². The minimum atomic E-state index is 0.0598. The molecule has 31 heavy (non-hydrogen) atoms. The van der Waals surface area contributed by atoms with Crippen LogP contribution in [-0.4, -0.2) is 17.3 Å². The lowest BCUT2D eigenvalue weighted by molar-refractivity contribution is 0.282. The molecule has 2 aromatic carbocycles. The van der Waals surface area contributed by atoms with Gasteiger partial charge in [-0.1, -0.05) is 47.7 Å². The topological polar surface area (TPSA) is 51.3 Å². The average molecular weight is 452 g/mol. The Kier molecular flexibility index (Phi) is 4.87. The molecule has 3 aliphatic rings. The molecule has 3 aromatic rings. The van der Waals surface area contributed by atoms with Crippen LogP contribution in [0.4, 0.5) is 0 Å². The predicted molar refractivity (Wildman–Crippen MR) is 125 cm³/mol. The molecule has 2 saturated carbocycles. The van der Waals surface area contributed by atoms with Crippen molar-refractivity contribution in [2.24, 2.45) is 17.8 Å². The molecule has 6 rings (SSSR count). The third-order valence-corrected chi connectivity index (χ3v) is 9.87. The molecule has 0 radical (unpaired) electrons. The van der Waals surface area contributed by atoms with Crippen LogP contribution in [0.15, 0.2) is 58.4 Å². The van der Waals surface area contributed by atoms with Gasteiger partial charge in [-0.25, -0.2) is 0 Å². The summed E-state index contributed by atoms with van der Waals surface area (Å²) >= 11 is 3.32. The van der Waals surface area contributed by atoms with E-state index < -0.39 is 0 Å². The van der Waals surface area contributed by atoms with Crippen molar-refractivity contribution in [1.29, 1.82) is 0 Å². The number of nitrogens with one attached hydrogen (secondary N) is 1. The molecule has 1 N–H and O–H groups in total. The van der Waals surface area contributed by atoms with Crippen molar-refractivity contribution in [3.05, 3.63) is 74.2 Å². The zero-order chi connectivity index (χ0) is 20.9. The fourth-order valence-corrected chi connectivity index (χ4v) is 8.85. The number of rotatable bonds is 5. The number of benzene rings is 2. The second kappa shape index (κ2) is 7.75. The maximum absolute atomic E-state index is 12.2. The lowest BCUT2D eigenvalue weighted by Gasteiger charge is -2.40. The van der Waals surface area contributed by atoms with Crippen LogP contribution in [0.3, 0.4) is 0 Å². The van der Waals surface area contributed by atoms with E-state index in [1.165, 1.54) is 41.0 Å². The standard InChI is InChI=1S/C25H25NO3S2/c1-28-19-12-16(9-10-18(19)29-13-14-5-3-2-4-6-14)21-20-15-7-8-17(11-15)22(20)30-24-23(21)31-25(27)26-24/h2-6,9-10,12,15,17,20-22H,7-8,11,13H2,1H3,(H,26,27)/t15-,17+,20+,21+,22+/m0/s1. The zero-order valence-corrected chi connectivity index (χ0v) is 19.0. The number of aromatic amines is 1. The van der Waals surface area contributed by atoms with E-state index in [2.05, 4.69) is 29.2 Å². The van der Waals surface area contributed by atoms with E-state index >= 15 is 0 Å². The molecule has 1 aromatic heterocycles. The molecule has 160 valence electrons. The molecule has 0 saturated heterocycles. The number of hydrogen-bond acceptors (Lipinski definition) is 5. The zero-order valence-electron chi connectivity index (χ0n) is 17.4. The summed E-state index contributed by atoms with van der Waals surface area (Å²) in [7, 11) is 1.70. The van der Waals surface area contributed by atoms with Crippen LogP contribution < -0.4 is 14.3 Å². The number of methoxy groups -OCH3 is 1. The maximum Gasteiger partial charge on any atom is 0.305 e. The maximum atomic E-state index is 12.2. The van der Waals surface area contributed by atoms with Crippen molar-refractivity contribution in [3.63, 3.8) is 0 Å². The summed E-state index contributed by atoms with van der Waals surface area (Å²) in [6.07, 6.45) is 4.01. The number of H-pyrrole nitrogens is 1. The highest BCUT2D eigenvalue weighted by atomic mass is 32.2. The number of ether oxygens (including phenoxy) is 2. The minimum Gasteiger partial charge on any atom is -0.493 e. The third kappa shape index (κ3) is 3.31. The molecule has 0 unspecified atom stereocenters. The van der Waals surface area contributed by atoms with Gasteiger partial charge in [0.25, 0.3) is 0 Å². The molecular weight excluding hydrogens is 426 g/mol. The molecule has 0 spiro atoms. The molecule has 2 aliphatic carbocycles. The van der Waals surface area contributed by atoms with Crippen LogP contribution in [0.1, 0.15) is 41.2 Å². The Morgan fingerprint density at radius 2 is 1.90 bits per heavy atom. The summed E-state index contributed by atoms with van der Waals surface area (Å²) in [5.74, 6) is 3.93. The molecule has 2 bridgehead atoms. The highest BCUT2D eigenvalue weighted by Crippen LogP contribution is 2.63. The van der Waals surface area contributed by atoms with Crippen molar-refractivity contribution < 1.29 is 9.47 Å². The van der Waals surface area contributed by atoms with Crippen LogP contribution in [0.2, 0.25) is 0 Å².